The highest BCUT2D eigenvalue weighted by Gasteiger charge is 2.10. The van der Waals surface area contributed by atoms with Gasteiger partial charge in [0.25, 0.3) is 0 Å². The van der Waals surface area contributed by atoms with Crippen LogP contribution in [0.4, 0.5) is 5.82 Å². The number of hydrogen-bond acceptors (Lipinski definition) is 3. The van der Waals surface area contributed by atoms with E-state index in [0.29, 0.717) is 27.5 Å². The van der Waals surface area contributed by atoms with Crippen LogP contribution in [0, 0.1) is 0 Å². The summed E-state index contributed by atoms with van der Waals surface area (Å²) in [6, 6.07) is 9.42. The fourth-order valence-electron chi connectivity index (χ4n) is 1.60. The molecule has 0 atom stereocenters. The predicted molar refractivity (Wildman–Crippen MR) is 79.7 cm³/mol. The van der Waals surface area contributed by atoms with Gasteiger partial charge in [0, 0.05) is 7.05 Å². The molecular weight excluding hydrogens is 283 g/mol. The number of pyridine rings is 1. The van der Waals surface area contributed by atoms with Crippen molar-refractivity contribution in [3.8, 4) is 11.6 Å². The lowest BCUT2D eigenvalue weighted by atomic mass is 10.2. The van der Waals surface area contributed by atoms with Crippen LogP contribution in [0.3, 0.4) is 0 Å². The van der Waals surface area contributed by atoms with Gasteiger partial charge in [0.1, 0.15) is 16.6 Å². The molecule has 0 fully saturated rings. The van der Waals surface area contributed by atoms with Crippen molar-refractivity contribution in [2.75, 3.05) is 12.4 Å². The molecule has 3 nitrogen and oxygen atoms in total. The summed E-state index contributed by atoms with van der Waals surface area (Å²) in [4.78, 5) is 4.23. The fraction of sp³-hybridized carbons (Fsp3) is 0.214. The first-order valence-electron chi connectivity index (χ1n) is 5.94. The molecule has 0 aliphatic carbocycles. The van der Waals surface area contributed by atoms with Crippen molar-refractivity contribution < 1.29 is 4.74 Å². The lowest BCUT2D eigenvalue weighted by Crippen LogP contribution is -1.97. The molecular formula is C14H14Cl2N2O. The van der Waals surface area contributed by atoms with E-state index in [2.05, 4.69) is 17.2 Å². The monoisotopic (exact) mass is 296 g/mol. The summed E-state index contributed by atoms with van der Waals surface area (Å²) in [5, 5.41) is 3.72. The zero-order chi connectivity index (χ0) is 13.8. The summed E-state index contributed by atoms with van der Waals surface area (Å²) in [6.45, 7) is 2.10. The normalized spacial score (nSPS) is 10.3. The van der Waals surface area contributed by atoms with E-state index in [-0.39, 0.29) is 0 Å². The molecule has 2 rings (SSSR count). The van der Waals surface area contributed by atoms with Gasteiger partial charge < -0.3 is 10.1 Å². The largest absolute Gasteiger partial charge is 0.437 e. The number of nitrogens with zero attached hydrogens (tertiary/aromatic N) is 1. The van der Waals surface area contributed by atoms with Crippen LogP contribution in [0.2, 0.25) is 10.0 Å². The smallest absolute Gasteiger partial charge is 0.240 e. The Morgan fingerprint density at radius 2 is 1.84 bits per heavy atom. The molecule has 0 aliphatic rings. The van der Waals surface area contributed by atoms with Crippen molar-refractivity contribution in [2.24, 2.45) is 0 Å². The second-order valence-electron chi connectivity index (χ2n) is 3.96. The Morgan fingerprint density at radius 1 is 1.16 bits per heavy atom. The van der Waals surface area contributed by atoms with E-state index in [9.17, 15) is 0 Å². The second-order valence-corrected chi connectivity index (χ2v) is 4.77. The summed E-state index contributed by atoms with van der Waals surface area (Å²) >= 11 is 12.0. The number of aryl methyl sites for hydroxylation is 1. The number of hydrogen-bond donors (Lipinski definition) is 1. The standard InChI is InChI=1S/C14H14Cl2N2O/c1-3-9-4-6-10(7-5-9)19-14-12(16)8-11(15)13(17-2)18-14/h4-8H,3H2,1-2H3,(H,17,18). The van der Waals surface area contributed by atoms with Crippen molar-refractivity contribution in [1.82, 2.24) is 4.98 Å². The molecule has 1 aromatic heterocycles. The molecule has 0 aliphatic heterocycles. The van der Waals surface area contributed by atoms with E-state index in [4.69, 9.17) is 27.9 Å². The lowest BCUT2D eigenvalue weighted by molar-refractivity contribution is 0.464. The maximum atomic E-state index is 6.07. The van der Waals surface area contributed by atoms with Crippen LogP contribution >= 0.6 is 23.2 Å². The van der Waals surface area contributed by atoms with E-state index >= 15 is 0 Å². The van der Waals surface area contributed by atoms with Gasteiger partial charge >= 0.3 is 0 Å². The van der Waals surface area contributed by atoms with Crippen molar-refractivity contribution >= 4 is 29.0 Å². The number of aromatic nitrogens is 1. The van der Waals surface area contributed by atoms with E-state index in [1.807, 2.05) is 24.3 Å². The third kappa shape index (κ3) is 3.31. The fourth-order valence-corrected chi connectivity index (χ4v) is 2.09. The van der Waals surface area contributed by atoms with Crippen LogP contribution in [0.15, 0.2) is 30.3 Å². The van der Waals surface area contributed by atoms with Crippen molar-refractivity contribution in [2.45, 2.75) is 13.3 Å². The van der Waals surface area contributed by atoms with Gasteiger partial charge in [-0.2, -0.15) is 4.98 Å². The minimum absolute atomic E-state index is 0.333. The third-order valence-electron chi connectivity index (χ3n) is 2.68. The SMILES string of the molecule is CCc1ccc(Oc2nc(NC)c(Cl)cc2Cl)cc1. The van der Waals surface area contributed by atoms with E-state index in [0.717, 1.165) is 6.42 Å². The summed E-state index contributed by atoms with van der Waals surface area (Å²) in [5.74, 6) is 1.56. The molecule has 5 heteroatoms. The van der Waals surface area contributed by atoms with Gasteiger partial charge in [-0.15, -0.1) is 0 Å². The van der Waals surface area contributed by atoms with Crippen LogP contribution in [0.5, 0.6) is 11.6 Å². The van der Waals surface area contributed by atoms with Crippen LogP contribution in [0.25, 0.3) is 0 Å². The summed E-state index contributed by atoms with van der Waals surface area (Å²) in [5.41, 5.74) is 1.25. The first-order valence-corrected chi connectivity index (χ1v) is 6.70. The van der Waals surface area contributed by atoms with Gasteiger partial charge in [-0.3, -0.25) is 0 Å². The van der Waals surface area contributed by atoms with Gasteiger partial charge in [0.05, 0.1) is 5.02 Å². The quantitative estimate of drug-likeness (QED) is 0.881. The summed E-state index contributed by atoms with van der Waals surface area (Å²) in [6.07, 6.45) is 0.990. The van der Waals surface area contributed by atoms with E-state index in [1.165, 1.54) is 5.56 Å². The molecule has 19 heavy (non-hydrogen) atoms. The Kier molecular flexibility index (Phi) is 4.51. The molecule has 0 saturated carbocycles. The number of ether oxygens (including phenoxy) is 1. The number of nitrogens with one attached hydrogen (secondary N) is 1. The molecule has 100 valence electrons. The van der Waals surface area contributed by atoms with Crippen LogP contribution in [-0.4, -0.2) is 12.0 Å². The van der Waals surface area contributed by atoms with Crippen LogP contribution in [-0.2, 0) is 6.42 Å². The number of rotatable bonds is 4. The average molecular weight is 297 g/mol. The Labute approximate surface area is 122 Å². The minimum atomic E-state index is 0.333. The molecule has 0 saturated heterocycles. The van der Waals surface area contributed by atoms with Gasteiger partial charge in [-0.05, 0) is 30.2 Å². The van der Waals surface area contributed by atoms with Crippen LogP contribution in [0.1, 0.15) is 12.5 Å². The lowest BCUT2D eigenvalue weighted by Gasteiger charge is -2.10. The topological polar surface area (TPSA) is 34.1 Å². The van der Waals surface area contributed by atoms with Gasteiger partial charge in [0.15, 0.2) is 0 Å². The summed E-state index contributed by atoms with van der Waals surface area (Å²) in [7, 11) is 1.74. The Balaban J connectivity index is 2.26. The van der Waals surface area contributed by atoms with Gasteiger partial charge in [-0.1, -0.05) is 42.3 Å². The van der Waals surface area contributed by atoms with Crippen molar-refractivity contribution in [1.29, 1.82) is 0 Å². The highest BCUT2D eigenvalue weighted by Crippen LogP contribution is 2.33. The molecule has 0 unspecified atom stereocenters. The van der Waals surface area contributed by atoms with Crippen molar-refractivity contribution in [3.05, 3.63) is 45.9 Å². The van der Waals surface area contributed by atoms with E-state index in [1.54, 1.807) is 13.1 Å². The molecule has 0 spiro atoms. The number of anilines is 1. The maximum absolute atomic E-state index is 6.07. The predicted octanol–water partition coefficient (Wildman–Crippen LogP) is 4.78. The molecule has 1 heterocycles. The average Bonchev–Trinajstić information content (AvgIpc) is 2.42. The molecule has 1 aromatic carbocycles. The number of halogens is 2. The molecule has 0 bridgehead atoms. The molecule has 2 aromatic rings. The Bertz CT molecular complexity index is 570. The zero-order valence-corrected chi connectivity index (χ0v) is 12.2. The Hall–Kier alpha value is -1.45. The van der Waals surface area contributed by atoms with Crippen molar-refractivity contribution in [3.63, 3.8) is 0 Å². The van der Waals surface area contributed by atoms with E-state index < -0.39 is 0 Å². The Morgan fingerprint density at radius 3 is 2.42 bits per heavy atom. The first-order chi connectivity index (χ1) is 9.13. The third-order valence-corrected chi connectivity index (χ3v) is 3.24. The highest BCUT2D eigenvalue weighted by molar-refractivity contribution is 6.36. The molecule has 1 N–H and O–H groups in total. The zero-order valence-electron chi connectivity index (χ0n) is 10.7. The highest BCUT2D eigenvalue weighted by atomic mass is 35.5. The van der Waals surface area contributed by atoms with Gasteiger partial charge in [-0.25, -0.2) is 0 Å². The van der Waals surface area contributed by atoms with Gasteiger partial charge in [0.2, 0.25) is 5.88 Å². The first kappa shape index (κ1) is 14.0. The minimum Gasteiger partial charge on any atom is -0.437 e. The number of benzene rings is 1. The second kappa shape index (κ2) is 6.13. The summed E-state index contributed by atoms with van der Waals surface area (Å²) < 4.78 is 5.66. The maximum Gasteiger partial charge on any atom is 0.240 e. The molecule has 0 radical (unpaired) electrons. The molecule has 0 amide bonds. The van der Waals surface area contributed by atoms with Crippen LogP contribution < -0.4 is 10.1 Å².